The second kappa shape index (κ2) is 6.02. The third-order valence-electron chi connectivity index (χ3n) is 3.53. The van der Waals surface area contributed by atoms with Gasteiger partial charge in [-0.2, -0.15) is 0 Å². The standard InChI is InChI=1S/C16H22N2O/c1-4-9-17-15(12(2)19)10-13-11-18(3)16-8-6-5-7-14(13)16/h5-8,11,15,17H,4,9-10H2,1-3H3. The molecule has 3 heteroatoms. The lowest BCUT2D eigenvalue weighted by molar-refractivity contribution is -0.118. The molecule has 0 aliphatic rings. The molecule has 19 heavy (non-hydrogen) atoms. The highest BCUT2D eigenvalue weighted by atomic mass is 16.1. The molecule has 1 aromatic carbocycles. The van der Waals surface area contributed by atoms with E-state index in [2.05, 4.69) is 35.1 Å². The fourth-order valence-corrected chi connectivity index (χ4v) is 2.49. The molecule has 0 spiro atoms. The number of carbonyl (C=O) groups is 1. The molecule has 3 nitrogen and oxygen atoms in total. The normalized spacial score (nSPS) is 12.8. The Morgan fingerprint density at radius 3 is 2.79 bits per heavy atom. The molecule has 0 saturated heterocycles. The molecule has 0 fully saturated rings. The summed E-state index contributed by atoms with van der Waals surface area (Å²) in [5.41, 5.74) is 2.46. The topological polar surface area (TPSA) is 34.0 Å². The molecule has 1 atom stereocenters. The Kier molecular flexibility index (Phi) is 4.38. The van der Waals surface area contributed by atoms with Crippen molar-refractivity contribution in [2.24, 2.45) is 7.05 Å². The number of nitrogens with zero attached hydrogens (tertiary/aromatic N) is 1. The number of fused-ring (bicyclic) bond motifs is 1. The van der Waals surface area contributed by atoms with Crippen LogP contribution >= 0.6 is 0 Å². The van der Waals surface area contributed by atoms with E-state index in [1.54, 1.807) is 6.92 Å². The molecule has 102 valence electrons. The predicted octanol–water partition coefficient (Wildman–Crippen LogP) is 2.68. The number of hydrogen-bond donors (Lipinski definition) is 1. The summed E-state index contributed by atoms with van der Waals surface area (Å²) in [5.74, 6) is 0.210. The van der Waals surface area contributed by atoms with Crippen molar-refractivity contribution in [2.45, 2.75) is 32.7 Å². The summed E-state index contributed by atoms with van der Waals surface area (Å²) in [6, 6.07) is 8.26. The van der Waals surface area contributed by atoms with Crippen molar-refractivity contribution < 1.29 is 4.79 Å². The molecule has 0 radical (unpaired) electrons. The number of hydrogen-bond acceptors (Lipinski definition) is 2. The lowest BCUT2D eigenvalue weighted by atomic mass is 10.0. The van der Waals surface area contributed by atoms with E-state index >= 15 is 0 Å². The van der Waals surface area contributed by atoms with Crippen LogP contribution in [0.3, 0.4) is 0 Å². The van der Waals surface area contributed by atoms with E-state index in [9.17, 15) is 4.79 Å². The summed E-state index contributed by atoms with van der Waals surface area (Å²) in [5, 5.41) is 4.58. The van der Waals surface area contributed by atoms with Gasteiger partial charge in [0.15, 0.2) is 0 Å². The second-order valence-electron chi connectivity index (χ2n) is 5.10. The summed E-state index contributed by atoms with van der Waals surface area (Å²) in [6.07, 6.45) is 3.93. The lowest BCUT2D eigenvalue weighted by Gasteiger charge is -2.14. The lowest BCUT2D eigenvalue weighted by Crippen LogP contribution is -2.37. The summed E-state index contributed by atoms with van der Waals surface area (Å²) in [7, 11) is 2.05. The molecular weight excluding hydrogens is 236 g/mol. The molecule has 2 rings (SSSR count). The van der Waals surface area contributed by atoms with Gasteiger partial charge in [0, 0.05) is 24.1 Å². The van der Waals surface area contributed by atoms with Crippen molar-refractivity contribution in [3.63, 3.8) is 0 Å². The van der Waals surface area contributed by atoms with Gasteiger partial charge < -0.3 is 9.88 Å². The van der Waals surface area contributed by atoms with Gasteiger partial charge in [0.05, 0.1) is 6.04 Å². The Bertz CT molecular complexity index is 571. The highest BCUT2D eigenvalue weighted by Crippen LogP contribution is 2.21. The van der Waals surface area contributed by atoms with Crippen LogP contribution in [-0.4, -0.2) is 22.9 Å². The van der Waals surface area contributed by atoms with Crippen LogP contribution in [0.15, 0.2) is 30.5 Å². The Balaban J connectivity index is 2.26. The maximum absolute atomic E-state index is 11.7. The molecular formula is C16H22N2O. The van der Waals surface area contributed by atoms with Crippen LogP contribution < -0.4 is 5.32 Å². The van der Waals surface area contributed by atoms with Crippen LogP contribution in [0.5, 0.6) is 0 Å². The van der Waals surface area contributed by atoms with Crippen LogP contribution in [0.4, 0.5) is 0 Å². The zero-order valence-electron chi connectivity index (χ0n) is 11.9. The van der Waals surface area contributed by atoms with Gasteiger partial charge in [-0.25, -0.2) is 0 Å². The summed E-state index contributed by atoms with van der Waals surface area (Å²) >= 11 is 0. The molecule has 1 aromatic heterocycles. The Labute approximate surface area is 114 Å². The highest BCUT2D eigenvalue weighted by Gasteiger charge is 2.16. The average Bonchev–Trinajstić information content (AvgIpc) is 2.72. The first-order valence-corrected chi connectivity index (χ1v) is 6.90. The minimum atomic E-state index is -0.0780. The van der Waals surface area contributed by atoms with Crippen LogP contribution in [0.25, 0.3) is 10.9 Å². The Morgan fingerprint density at radius 2 is 2.11 bits per heavy atom. The molecule has 0 amide bonds. The number of ketones is 1. The first kappa shape index (κ1) is 13.8. The van der Waals surface area contributed by atoms with Gasteiger partial charge >= 0.3 is 0 Å². The number of aromatic nitrogens is 1. The SMILES string of the molecule is CCCNC(Cc1cn(C)c2ccccc12)C(C)=O. The minimum Gasteiger partial charge on any atom is -0.350 e. The third kappa shape index (κ3) is 3.04. The Hall–Kier alpha value is -1.61. The number of para-hydroxylation sites is 1. The van der Waals surface area contributed by atoms with Crippen molar-refractivity contribution in [2.75, 3.05) is 6.54 Å². The zero-order chi connectivity index (χ0) is 13.8. The predicted molar refractivity (Wildman–Crippen MR) is 79.4 cm³/mol. The Morgan fingerprint density at radius 1 is 1.37 bits per heavy atom. The highest BCUT2D eigenvalue weighted by molar-refractivity contribution is 5.86. The fourth-order valence-electron chi connectivity index (χ4n) is 2.49. The van der Waals surface area contributed by atoms with Gasteiger partial charge in [0.25, 0.3) is 0 Å². The van der Waals surface area contributed by atoms with E-state index in [-0.39, 0.29) is 11.8 Å². The van der Waals surface area contributed by atoms with Gasteiger partial charge in [-0.1, -0.05) is 25.1 Å². The third-order valence-corrected chi connectivity index (χ3v) is 3.53. The van der Waals surface area contributed by atoms with Crippen LogP contribution in [0, 0.1) is 0 Å². The monoisotopic (exact) mass is 258 g/mol. The largest absolute Gasteiger partial charge is 0.350 e. The molecule has 0 bridgehead atoms. The number of rotatable bonds is 6. The number of Topliss-reactive ketones (excluding diaryl/α,β-unsaturated/α-hetero) is 1. The van der Waals surface area contributed by atoms with E-state index in [0.29, 0.717) is 0 Å². The first-order valence-electron chi connectivity index (χ1n) is 6.90. The number of nitrogens with one attached hydrogen (secondary N) is 1. The van der Waals surface area contributed by atoms with E-state index in [1.807, 2.05) is 19.2 Å². The second-order valence-corrected chi connectivity index (χ2v) is 5.10. The quantitative estimate of drug-likeness (QED) is 0.864. The maximum atomic E-state index is 11.7. The van der Waals surface area contributed by atoms with Crippen molar-refractivity contribution in [1.82, 2.24) is 9.88 Å². The molecule has 1 N–H and O–H groups in total. The molecule has 0 saturated carbocycles. The average molecular weight is 258 g/mol. The minimum absolute atomic E-state index is 0.0780. The zero-order valence-corrected chi connectivity index (χ0v) is 11.9. The van der Waals surface area contributed by atoms with Gasteiger partial charge in [0.2, 0.25) is 0 Å². The van der Waals surface area contributed by atoms with Gasteiger partial charge in [-0.3, -0.25) is 4.79 Å². The van der Waals surface area contributed by atoms with Crippen LogP contribution in [-0.2, 0) is 18.3 Å². The summed E-state index contributed by atoms with van der Waals surface area (Å²) < 4.78 is 2.13. The first-order chi connectivity index (χ1) is 9.13. The number of carbonyl (C=O) groups excluding carboxylic acids is 1. The molecule has 1 unspecified atom stereocenters. The molecule has 2 aromatic rings. The van der Waals surface area contributed by atoms with Crippen molar-refractivity contribution in [3.05, 3.63) is 36.0 Å². The van der Waals surface area contributed by atoms with Crippen molar-refractivity contribution >= 4 is 16.7 Å². The number of benzene rings is 1. The van der Waals surface area contributed by atoms with E-state index in [0.717, 1.165) is 19.4 Å². The van der Waals surface area contributed by atoms with E-state index in [1.165, 1.54) is 16.5 Å². The molecule has 0 aliphatic carbocycles. The van der Waals surface area contributed by atoms with Gasteiger partial charge in [0.1, 0.15) is 5.78 Å². The smallest absolute Gasteiger partial charge is 0.147 e. The van der Waals surface area contributed by atoms with Crippen molar-refractivity contribution in [3.8, 4) is 0 Å². The maximum Gasteiger partial charge on any atom is 0.147 e. The van der Waals surface area contributed by atoms with Crippen LogP contribution in [0.2, 0.25) is 0 Å². The summed E-state index contributed by atoms with van der Waals surface area (Å²) in [6.45, 7) is 4.66. The van der Waals surface area contributed by atoms with Crippen LogP contribution in [0.1, 0.15) is 25.8 Å². The van der Waals surface area contributed by atoms with E-state index in [4.69, 9.17) is 0 Å². The molecule has 1 heterocycles. The fraction of sp³-hybridized carbons (Fsp3) is 0.438. The van der Waals surface area contributed by atoms with Gasteiger partial charge in [-0.05, 0) is 37.9 Å². The summed E-state index contributed by atoms with van der Waals surface area (Å²) in [4.78, 5) is 11.7. The molecule has 0 aliphatic heterocycles. The van der Waals surface area contributed by atoms with Crippen molar-refractivity contribution in [1.29, 1.82) is 0 Å². The van der Waals surface area contributed by atoms with Gasteiger partial charge in [-0.15, -0.1) is 0 Å². The van der Waals surface area contributed by atoms with E-state index < -0.39 is 0 Å². The number of aryl methyl sites for hydroxylation is 1.